The van der Waals surface area contributed by atoms with Crippen molar-refractivity contribution in [3.05, 3.63) is 58.9 Å². The normalized spacial score (nSPS) is 22.6. The lowest BCUT2D eigenvalue weighted by molar-refractivity contribution is -0.123. The predicted octanol–water partition coefficient (Wildman–Crippen LogP) is 4.98. The summed E-state index contributed by atoms with van der Waals surface area (Å²) < 4.78 is 26.7. The van der Waals surface area contributed by atoms with E-state index in [9.17, 15) is 13.6 Å². The Morgan fingerprint density at radius 1 is 1.13 bits per heavy atom. The molecule has 1 saturated carbocycles. The first kappa shape index (κ1) is 21.9. The number of aromatic nitrogens is 1. The first-order valence-electron chi connectivity index (χ1n) is 11.1. The highest BCUT2D eigenvalue weighted by molar-refractivity contribution is 5.97. The Kier molecular flexibility index (Phi) is 5.86. The second kappa shape index (κ2) is 8.30. The number of amides is 1. The summed E-state index contributed by atoms with van der Waals surface area (Å²) in [6.07, 6.45) is 3.54. The summed E-state index contributed by atoms with van der Waals surface area (Å²) in [7, 11) is 2.02. The Labute approximate surface area is 183 Å². The van der Waals surface area contributed by atoms with Gasteiger partial charge >= 0.3 is 0 Å². The second-order valence-corrected chi connectivity index (χ2v) is 9.80. The van der Waals surface area contributed by atoms with E-state index in [4.69, 9.17) is 4.98 Å². The maximum atomic E-state index is 13.5. The molecular formula is C25H31F2N3O. The van der Waals surface area contributed by atoms with Crippen LogP contribution in [0.15, 0.2) is 30.3 Å². The van der Waals surface area contributed by atoms with E-state index in [1.807, 2.05) is 31.0 Å². The minimum absolute atomic E-state index is 0.0240. The molecule has 4 nitrogen and oxygen atoms in total. The molecule has 2 heterocycles. The first-order chi connectivity index (χ1) is 14.7. The van der Waals surface area contributed by atoms with Crippen molar-refractivity contribution in [3.63, 3.8) is 0 Å². The number of fused-ring (bicyclic) bond motifs is 1. The van der Waals surface area contributed by atoms with Crippen LogP contribution >= 0.6 is 0 Å². The minimum atomic E-state index is -0.817. The summed E-state index contributed by atoms with van der Waals surface area (Å²) in [5.74, 6) is -1.39. The van der Waals surface area contributed by atoms with Gasteiger partial charge in [-0.3, -0.25) is 14.7 Å². The topological polar surface area (TPSA) is 36.4 Å². The number of carbonyl (C=O) groups excluding carboxylic acids is 1. The van der Waals surface area contributed by atoms with E-state index in [0.717, 1.165) is 48.3 Å². The third-order valence-corrected chi connectivity index (χ3v) is 6.85. The Hall–Kier alpha value is -2.34. The summed E-state index contributed by atoms with van der Waals surface area (Å²) in [5.41, 5.74) is 3.57. The zero-order chi connectivity index (χ0) is 22.3. The van der Waals surface area contributed by atoms with Gasteiger partial charge in [-0.25, -0.2) is 8.78 Å². The number of nitrogens with zero attached hydrogens (tertiary/aromatic N) is 3. The van der Waals surface area contributed by atoms with Gasteiger partial charge in [0.1, 0.15) is 0 Å². The van der Waals surface area contributed by atoms with Crippen LogP contribution in [0, 0.1) is 24.5 Å². The Morgan fingerprint density at radius 3 is 2.52 bits per heavy atom. The molecule has 1 fully saturated rings. The lowest BCUT2D eigenvalue weighted by Gasteiger charge is -2.35. The molecule has 0 spiro atoms. The molecule has 0 bridgehead atoms. The number of carbonyl (C=O) groups is 1. The number of aryl methyl sites for hydroxylation is 1. The molecule has 1 aliphatic heterocycles. The third-order valence-electron chi connectivity index (χ3n) is 6.85. The molecule has 0 radical (unpaired) electrons. The standard InChI is InChI=1S/C25H31F2N3O/c1-16-5-12-22-23(28-16)25(2,3)15-30(22)24(31)18-7-9-19(10-8-18)29(4)14-17-6-11-20(26)21(27)13-17/h5-6,11-13,18-19H,7-10,14-15H2,1-4H3/t18-,19-. The second-order valence-electron chi connectivity index (χ2n) is 9.80. The maximum Gasteiger partial charge on any atom is 0.230 e. The Bertz CT molecular complexity index is 983. The van der Waals surface area contributed by atoms with Crippen molar-refractivity contribution in [2.45, 2.75) is 64.5 Å². The van der Waals surface area contributed by atoms with Crippen LogP contribution in [-0.4, -0.2) is 35.4 Å². The lowest BCUT2D eigenvalue weighted by atomic mass is 9.84. The van der Waals surface area contributed by atoms with Gasteiger partial charge in [-0.1, -0.05) is 19.9 Å². The number of anilines is 1. The van der Waals surface area contributed by atoms with Crippen LogP contribution in [0.2, 0.25) is 0 Å². The van der Waals surface area contributed by atoms with Crippen LogP contribution in [0.5, 0.6) is 0 Å². The number of rotatable bonds is 4. The van der Waals surface area contributed by atoms with Crippen LogP contribution in [0.25, 0.3) is 0 Å². The fourth-order valence-electron chi connectivity index (χ4n) is 5.06. The van der Waals surface area contributed by atoms with Gasteiger partial charge in [-0.15, -0.1) is 0 Å². The molecule has 6 heteroatoms. The molecule has 0 unspecified atom stereocenters. The number of pyridine rings is 1. The van der Waals surface area contributed by atoms with Gasteiger partial charge in [0.25, 0.3) is 0 Å². The van der Waals surface area contributed by atoms with E-state index in [2.05, 4.69) is 18.7 Å². The average Bonchev–Trinajstić information content (AvgIpc) is 3.00. The molecule has 0 saturated heterocycles. The minimum Gasteiger partial charge on any atom is -0.309 e. The lowest BCUT2D eigenvalue weighted by Crippen LogP contribution is -2.42. The highest BCUT2D eigenvalue weighted by Gasteiger charge is 2.42. The van der Waals surface area contributed by atoms with Crippen LogP contribution in [0.1, 0.15) is 56.5 Å². The molecular weight excluding hydrogens is 396 g/mol. The molecule has 1 amide bonds. The van der Waals surface area contributed by atoms with Crippen molar-refractivity contribution >= 4 is 11.6 Å². The summed E-state index contributed by atoms with van der Waals surface area (Å²) >= 11 is 0. The van der Waals surface area contributed by atoms with Crippen molar-refractivity contribution in [3.8, 4) is 0 Å². The first-order valence-corrected chi connectivity index (χ1v) is 11.1. The van der Waals surface area contributed by atoms with Crippen molar-refractivity contribution in [2.24, 2.45) is 5.92 Å². The molecule has 1 aliphatic carbocycles. The fourth-order valence-corrected chi connectivity index (χ4v) is 5.06. The van der Waals surface area contributed by atoms with Crippen LogP contribution in [-0.2, 0) is 16.8 Å². The molecule has 31 heavy (non-hydrogen) atoms. The van der Waals surface area contributed by atoms with Gasteiger partial charge in [-0.2, -0.15) is 0 Å². The van der Waals surface area contributed by atoms with Gasteiger partial charge < -0.3 is 4.90 Å². The maximum absolute atomic E-state index is 13.5. The molecule has 1 aromatic heterocycles. The Balaban J connectivity index is 1.38. The smallest absolute Gasteiger partial charge is 0.230 e. The summed E-state index contributed by atoms with van der Waals surface area (Å²) in [4.78, 5) is 22.2. The van der Waals surface area contributed by atoms with Gasteiger partial charge in [-0.05, 0) is 69.5 Å². The van der Waals surface area contributed by atoms with Gasteiger partial charge in [0.05, 0.1) is 11.4 Å². The molecule has 4 rings (SSSR count). The van der Waals surface area contributed by atoms with E-state index in [0.29, 0.717) is 19.1 Å². The highest BCUT2D eigenvalue weighted by Crippen LogP contribution is 2.41. The van der Waals surface area contributed by atoms with Crippen LogP contribution < -0.4 is 4.90 Å². The zero-order valence-corrected chi connectivity index (χ0v) is 18.8. The SMILES string of the molecule is Cc1ccc2c(n1)C(C)(C)CN2C(=O)[C@H]1CC[C@H](N(C)Cc2ccc(F)c(F)c2)CC1. The average molecular weight is 428 g/mol. The van der Waals surface area contributed by atoms with Gasteiger partial charge in [0.2, 0.25) is 5.91 Å². The Morgan fingerprint density at radius 2 is 1.84 bits per heavy atom. The molecule has 166 valence electrons. The predicted molar refractivity (Wildman–Crippen MR) is 118 cm³/mol. The van der Waals surface area contributed by atoms with E-state index in [1.165, 1.54) is 12.1 Å². The van der Waals surface area contributed by atoms with E-state index in [1.54, 1.807) is 6.07 Å². The molecule has 2 aliphatic rings. The van der Waals surface area contributed by atoms with E-state index >= 15 is 0 Å². The summed E-state index contributed by atoms with van der Waals surface area (Å²) in [6, 6.07) is 8.43. The quantitative estimate of drug-likeness (QED) is 0.690. The van der Waals surface area contributed by atoms with Crippen molar-refractivity contribution < 1.29 is 13.6 Å². The number of halogens is 2. The molecule has 0 atom stereocenters. The number of hydrogen-bond acceptors (Lipinski definition) is 3. The van der Waals surface area contributed by atoms with Gasteiger partial charge in [0.15, 0.2) is 11.6 Å². The summed E-state index contributed by atoms with van der Waals surface area (Å²) in [5, 5.41) is 0. The number of benzene rings is 1. The number of hydrogen-bond donors (Lipinski definition) is 0. The van der Waals surface area contributed by atoms with Crippen molar-refractivity contribution in [2.75, 3.05) is 18.5 Å². The van der Waals surface area contributed by atoms with Crippen LogP contribution in [0.4, 0.5) is 14.5 Å². The highest BCUT2D eigenvalue weighted by atomic mass is 19.2. The summed E-state index contributed by atoms with van der Waals surface area (Å²) in [6.45, 7) is 7.52. The molecule has 0 N–H and O–H groups in total. The molecule has 1 aromatic carbocycles. The fraction of sp³-hybridized carbons (Fsp3) is 0.520. The van der Waals surface area contributed by atoms with E-state index < -0.39 is 11.6 Å². The third kappa shape index (κ3) is 4.36. The van der Waals surface area contributed by atoms with Gasteiger partial charge in [0, 0.05) is 36.2 Å². The van der Waals surface area contributed by atoms with Crippen molar-refractivity contribution in [1.82, 2.24) is 9.88 Å². The molecule has 2 aromatic rings. The monoisotopic (exact) mass is 427 g/mol. The van der Waals surface area contributed by atoms with Crippen LogP contribution in [0.3, 0.4) is 0 Å². The van der Waals surface area contributed by atoms with E-state index in [-0.39, 0.29) is 17.2 Å². The zero-order valence-electron chi connectivity index (χ0n) is 18.8. The van der Waals surface area contributed by atoms with Crippen molar-refractivity contribution in [1.29, 1.82) is 0 Å². The largest absolute Gasteiger partial charge is 0.309 e.